The minimum absolute atomic E-state index is 0.000915. The molecule has 1 fully saturated rings. The molecule has 1 aliphatic rings. The molecule has 0 spiro atoms. The number of benzene rings is 2. The Morgan fingerprint density at radius 2 is 1.68 bits per heavy atom. The molecular formula is C17H16BrClN2O. The van der Waals surface area contributed by atoms with Crippen molar-refractivity contribution in [2.75, 3.05) is 31.1 Å². The lowest BCUT2D eigenvalue weighted by atomic mass is 10.1. The first-order chi connectivity index (χ1) is 10.6. The van der Waals surface area contributed by atoms with Crippen molar-refractivity contribution in [3.63, 3.8) is 0 Å². The number of carbonyl (C=O) groups excluding carboxylic acids is 1. The first kappa shape index (κ1) is 15.4. The summed E-state index contributed by atoms with van der Waals surface area (Å²) in [6, 6.07) is 15.7. The number of amides is 1. The number of anilines is 1. The van der Waals surface area contributed by atoms with Crippen LogP contribution in [0.3, 0.4) is 0 Å². The number of halogens is 2. The molecule has 2 aromatic carbocycles. The zero-order valence-corrected chi connectivity index (χ0v) is 14.3. The summed E-state index contributed by atoms with van der Waals surface area (Å²) in [5.41, 5.74) is 1.76. The van der Waals surface area contributed by atoms with E-state index in [-0.39, 0.29) is 5.91 Å². The predicted molar refractivity (Wildman–Crippen MR) is 93.7 cm³/mol. The third-order valence-corrected chi connectivity index (χ3v) is 4.67. The van der Waals surface area contributed by atoms with E-state index in [1.165, 1.54) is 5.69 Å². The highest BCUT2D eigenvalue weighted by Gasteiger charge is 2.23. The van der Waals surface area contributed by atoms with Gasteiger partial charge in [-0.1, -0.05) is 45.7 Å². The zero-order valence-electron chi connectivity index (χ0n) is 12.0. The van der Waals surface area contributed by atoms with Gasteiger partial charge in [-0.15, -0.1) is 0 Å². The van der Waals surface area contributed by atoms with Crippen molar-refractivity contribution >= 4 is 39.1 Å². The molecule has 3 nitrogen and oxygen atoms in total. The Hall–Kier alpha value is -1.52. The van der Waals surface area contributed by atoms with Crippen LogP contribution in [0.1, 0.15) is 10.4 Å². The van der Waals surface area contributed by atoms with Gasteiger partial charge in [0.25, 0.3) is 5.91 Å². The average molecular weight is 380 g/mol. The van der Waals surface area contributed by atoms with E-state index in [9.17, 15) is 4.79 Å². The first-order valence-corrected chi connectivity index (χ1v) is 8.36. The van der Waals surface area contributed by atoms with Gasteiger partial charge in [0.1, 0.15) is 0 Å². The SMILES string of the molecule is O=C(c1cc(Br)ccc1Cl)N1CCN(c2ccccc2)CC1. The maximum atomic E-state index is 12.6. The minimum atomic E-state index is -0.000915. The van der Waals surface area contributed by atoms with Crippen molar-refractivity contribution in [2.45, 2.75) is 0 Å². The normalized spacial score (nSPS) is 15.0. The number of hydrogen-bond donors (Lipinski definition) is 0. The van der Waals surface area contributed by atoms with Crippen molar-refractivity contribution in [2.24, 2.45) is 0 Å². The molecule has 0 unspecified atom stereocenters. The molecule has 2 aromatic rings. The fourth-order valence-electron chi connectivity index (χ4n) is 2.64. The van der Waals surface area contributed by atoms with E-state index >= 15 is 0 Å². The number of carbonyl (C=O) groups is 1. The summed E-state index contributed by atoms with van der Waals surface area (Å²) in [6.07, 6.45) is 0. The first-order valence-electron chi connectivity index (χ1n) is 7.19. The van der Waals surface area contributed by atoms with Crippen LogP contribution in [0, 0.1) is 0 Å². The van der Waals surface area contributed by atoms with Crippen LogP contribution in [0.4, 0.5) is 5.69 Å². The molecule has 1 aliphatic heterocycles. The van der Waals surface area contributed by atoms with Crippen LogP contribution >= 0.6 is 27.5 Å². The summed E-state index contributed by atoms with van der Waals surface area (Å²) in [7, 11) is 0. The van der Waals surface area contributed by atoms with Gasteiger partial charge >= 0.3 is 0 Å². The van der Waals surface area contributed by atoms with Crippen LogP contribution in [0.15, 0.2) is 53.0 Å². The van der Waals surface area contributed by atoms with Crippen LogP contribution < -0.4 is 4.90 Å². The van der Waals surface area contributed by atoms with E-state index in [2.05, 4.69) is 33.0 Å². The van der Waals surface area contributed by atoms with Gasteiger partial charge in [-0.2, -0.15) is 0 Å². The van der Waals surface area contributed by atoms with E-state index in [0.29, 0.717) is 23.7 Å². The smallest absolute Gasteiger partial charge is 0.255 e. The number of nitrogens with zero attached hydrogens (tertiary/aromatic N) is 2. The zero-order chi connectivity index (χ0) is 15.5. The van der Waals surface area contributed by atoms with Crippen molar-refractivity contribution in [3.05, 3.63) is 63.6 Å². The van der Waals surface area contributed by atoms with Gasteiger partial charge in [-0.05, 0) is 30.3 Å². The highest BCUT2D eigenvalue weighted by molar-refractivity contribution is 9.10. The molecule has 0 saturated carbocycles. The van der Waals surface area contributed by atoms with Crippen LogP contribution in [-0.4, -0.2) is 37.0 Å². The average Bonchev–Trinajstić information content (AvgIpc) is 2.57. The highest BCUT2D eigenvalue weighted by Crippen LogP contribution is 2.23. The molecule has 0 aliphatic carbocycles. The van der Waals surface area contributed by atoms with Crippen LogP contribution in [0.2, 0.25) is 5.02 Å². The summed E-state index contributed by atoms with van der Waals surface area (Å²) in [5, 5.41) is 0.499. The summed E-state index contributed by atoms with van der Waals surface area (Å²) in [4.78, 5) is 16.8. The maximum absolute atomic E-state index is 12.6. The Morgan fingerprint density at radius 1 is 1.00 bits per heavy atom. The summed E-state index contributed by atoms with van der Waals surface area (Å²) >= 11 is 9.55. The van der Waals surface area contributed by atoms with Gasteiger partial charge in [0.2, 0.25) is 0 Å². The fourth-order valence-corrected chi connectivity index (χ4v) is 3.20. The standard InChI is InChI=1S/C17H16BrClN2O/c18-13-6-7-16(19)15(12-13)17(22)21-10-8-20(9-11-21)14-4-2-1-3-5-14/h1-7,12H,8-11H2. The monoisotopic (exact) mass is 378 g/mol. The largest absolute Gasteiger partial charge is 0.368 e. The van der Waals surface area contributed by atoms with E-state index < -0.39 is 0 Å². The Balaban J connectivity index is 1.68. The molecule has 1 saturated heterocycles. The molecular weight excluding hydrogens is 364 g/mol. The van der Waals surface area contributed by atoms with Crippen molar-refractivity contribution in [1.82, 2.24) is 4.90 Å². The van der Waals surface area contributed by atoms with Gasteiger partial charge in [0, 0.05) is 36.3 Å². The third-order valence-electron chi connectivity index (χ3n) is 3.85. The van der Waals surface area contributed by atoms with Crippen molar-refractivity contribution in [3.8, 4) is 0 Å². The van der Waals surface area contributed by atoms with Crippen molar-refractivity contribution < 1.29 is 4.79 Å². The molecule has 3 rings (SSSR count). The van der Waals surface area contributed by atoms with E-state index in [1.807, 2.05) is 29.2 Å². The Labute approximate surface area is 143 Å². The van der Waals surface area contributed by atoms with E-state index in [0.717, 1.165) is 17.6 Å². The fraction of sp³-hybridized carbons (Fsp3) is 0.235. The second-order valence-electron chi connectivity index (χ2n) is 5.24. The van der Waals surface area contributed by atoms with Gasteiger partial charge in [0.15, 0.2) is 0 Å². The van der Waals surface area contributed by atoms with Crippen LogP contribution in [-0.2, 0) is 0 Å². The predicted octanol–water partition coefficient (Wildman–Crippen LogP) is 4.06. The van der Waals surface area contributed by atoms with Gasteiger partial charge < -0.3 is 9.80 Å². The third kappa shape index (κ3) is 3.28. The molecule has 1 heterocycles. The summed E-state index contributed by atoms with van der Waals surface area (Å²) in [5.74, 6) is -0.000915. The number of rotatable bonds is 2. The molecule has 5 heteroatoms. The molecule has 0 aromatic heterocycles. The number of hydrogen-bond acceptors (Lipinski definition) is 2. The quantitative estimate of drug-likeness (QED) is 0.785. The van der Waals surface area contributed by atoms with Gasteiger partial charge in [0.05, 0.1) is 10.6 Å². The van der Waals surface area contributed by atoms with E-state index in [1.54, 1.807) is 12.1 Å². The minimum Gasteiger partial charge on any atom is -0.368 e. The molecule has 0 N–H and O–H groups in total. The molecule has 114 valence electrons. The lowest BCUT2D eigenvalue weighted by Gasteiger charge is -2.36. The topological polar surface area (TPSA) is 23.6 Å². The van der Waals surface area contributed by atoms with E-state index in [4.69, 9.17) is 11.6 Å². The van der Waals surface area contributed by atoms with Gasteiger partial charge in [-0.25, -0.2) is 0 Å². The summed E-state index contributed by atoms with van der Waals surface area (Å²) in [6.45, 7) is 3.08. The van der Waals surface area contributed by atoms with Crippen LogP contribution in [0.25, 0.3) is 0 Å². The number of piperazine rings is 1. The lowest BCUT2D eigenvalue weighted by molar-refractivity contribution is 0.0747. The second-order valence-corrected chi connectivity index (χ2v) is 6.56. The maximum Gasteiger partial charge on any atom is 0.255 e. The van der Waals surface area contributed by atoms with Crippen molar-refractivity contribution in [1.29, 1.82) is 0 Å². The highest BCUT2D eigenvalue weighted by atomic mass is 79.9. The van der Waals surface area contributed by atoms with Crippen LogP contribution in [0.5, 0.6) is 0 Å². The Bertz CT molecular complexity index is 670. The van der Waals surface area contributed by atoms with Gasteiger partial charge in [-0.3, -0.25) is 4.79 Å². The molecule has 0 radical (unpaired) electrons. The summed E-state index contributed by atoms with van der Waals surface area (Å²) < 4.78 is 0.864. The Morgan fingerprint density at radius 3 is 2.36 bits per heavy atom. The number of para-hydroxylation sites is 1. The second kappa shape index (κ2) is 6.71. The lowest BCUT2D eigenvalue weighted by Crippen LogP contribution is -2.48. The molecule has 1 amide bonds. The molecule has 0 atom stereocenters. The molecule has 22 heavy (non-hydrogen) atoms. The Kier molecular flexibility index (Phi) is 4.69. The molecule has 0 bridgehead atoms.